The molecule has 1 saturated carbocycles. The van der Waals surface area contributed by atoms with Crippen LogP contribution in [0.25, 0.3) is 0 Å². The van der Waals surface area contributed by atoms with Gasteiger partial charge in [0.15, 0.2) is 0 Å². The van der Waals surface area contributed by atoms with Crippen LogP contribution >= 0.6 is 0 Å². The van der Waals surface area contributed by atoms with Crippen molar-refractivity contribution in [1.82, 2.24) is 5.32 Å². The number of aliphatic hydroxyl groups excluding tert-OH is 1. The van der Waals surface area contributed by atoms with Crippen molar-refractivity contribution in [3.8, 4) is 0 Å². The fourth-order valence-corrected chi connectivity index (χ4v) is 2.17. The highest BCUT2D eigenvalue weighted by atomic mass is 19.4. The molecule has 0 saturated heterocycles. The lowest BCUT2D eigenvalue weighted by Gasteiger charge is -2.10. The highest BCUT2D eigenvalue weighted by Gasteiger charge is 2.44. The van der Waals surface area contributed by atoms with Gasteiger partial charge in [-0.25, -0.2) is 0 Å². The van der Waals surface area contributed by atoms with Crippen LogP contribution < -0.4 is 5.32 Å². The van der Waals surface area contributed by atoms with Crippen molar-refractivity contribution in [1.29, 1.82) is 0 Å². The van der Waals surface area contributed by atoms with Crippen LogP contribution in [0.5, 0.6) is 0 Å². The summed E-state index contributed by atoms with van der Waals surface area (Å²) in [5.41, 5.74) is 0.0617. The first-order valence-corrected chi connectivity index (χ1v) is 6.41. The number of hydrogen-bond donors (Lipinski definition) is 2. The normalized spacial score (nSPS) is 23.2. The van der Waals surface area contributed by atoms with Crippen LogP contribution in [0.4, 0.5) is 13.2 Å². The van der Waals surface area contributed by atoms with Gasteiger partial charge in [-0.3, -0.25) is 4.79 Å². The molecule has 3 nitrogen and oxygen atoms in total. The predicted octanol–water partition coefficient (Wildman–Crippen LogP) is 2.31. The number of halogens is 3. The van der Waals surface area contributed by atoms with E-state index in [1.807, 2.05) is 0 Å². The standard InChI is InChI=1S/C14H16F3NO2/c1-8(7-19)18-13(20)12-6-11(12)9-2-4-10(5-3-9)14(15,16)17/h2-5,8,11-12,19H,6-7H2,1H3,(H,18,20). The molecular formula is C14H16F3NO2. The molecule has 0 radical (unpaired) electrons. The zero-order valence-electron chi connectivity index (χ0n) is 10.9. The lowest BCUT2D eigenvalue weighted by Crippen LogP contribution is -2.36. The second kappa shape index (κ2) is 5.44. The Morgan fingerprint density at radius 3 is 2.50 bits per heavy atom. The second-order valence-corrected chi connectivity index (χ2v) is 5.16. The van der Waals surface area contributed by atoms with Crippen LogP contribution in [0.1, 0.15) is 30.4 Å². The van der Waals surface area contributed by atoms with E-state index in [0.717, 1.165) is 17.7 Å². The van der Waals surface area contributed by atoms with Crippen molar-refractivity contribution < 1.29 is 23.1 Å². The Hall–Kier alpha value is -1.56. The van der Waals surface area contributed by atoms with Crippen molar-refractivity contribution >= 4 is 5.91 Å². The fourth-order valence-electron chi connectivity index (χ4n) is 2.17. The third-order valence-electron chi connectivity index (χ3n) is 3.46. The molecule has 2 N–H and O–H groups in total. The van der Waals surface area contributed by atoms with Crippen LogP contribution in [0, 0.1) is 5.92 Å². The molecule has 110 valence electrons. The Balaban J connectivity index is 1.97. The summed E-state index contributed by atoms with van der Waals surface area (Å²) in [5, 5.41) is 11.5. The van der Waals surface area contributed by atoms with Crippen molar-refractivity contribution in [2.75, 3.05) is 6.61 Å². The van der Waals surface area contributed by atoms with Gasteiger partial charge in [0.2, 0.25) is 5.91 Å². The summed E-state index contributed by atoms with van der Waals surface area (Å²) in [7, 11) is 0. The van der Waals surface area contributed by atoms with Gasteiger partial charge in [0.1, 0.15) is 0 Å². The Morgan fingerprint density at radius 2 is 2.00 bits per heavy atom. The van der Waals surface area contributed by atoms with Gasteiger partial charge in [0.05, 0.1) is 12.2 Å². The number of hydrogen-bond acceptors (Lipinski definition) is 2. The fraction of sp³-hybridized carbons (Fsp3) is 0.500. The van der Waals surface area contributed by atoms with Gasteiger partial charge in [0.25, 0.3) is 0 Å². The SMILES string of the molecule is CC(CO)NC(=O)C1CC1c1ccc(C(F)(F)F)cc1. The molecule has 1 aromatic carbocycles. The molecule has 0 bridgehead atoms. The van der Waals surface area contributed by atoms with E-state index in [1.54, 1.807) is 6.92 Å². The minimum absolute atomic E-state index is 0.0248. The van der Waals surface area contributed by atoms with E-state index < -0.39 is 11.7 Å². The highest BCUT2D eigenvalue weighted by Crippen LogP contribution is 2.48. The summed E-state index contributed by atoms with van der Waals surface area (Å²) in [6.07, 6.45) is -3.70. The number of amides is 1. The van der Waals surface area contributed by atoms with Gasteiger partial charge >= 0.3 is 6.18 Å². The average Bonchev–Trinajstić information content (AvgIpc) is 3.18. The van der Waals surface area contributed by atoms with E-state index in [4.69, 9.17) is 5.11 Å². The van der Waals surface area contributed by atoms with Crippen LogP contribution in [-0.2, 0) is 11.0 Å². The van der Waals surface area contributed by atoms with E-state index >= 15 is 0 Å². The molecule has 20 heavy (non-hydrogen) atoms. The van der Waals surface area contributed by atoms with E-state index in [2.05, 4.69) is 5.32 Å². The molecule has 0 aliphatic heterocycles. The lowest BCUT2D eigenvalue weighted by atomic mass is 10.1. The molecule has 1 amide bonds. The number of carbonyl (C=O) groups excluding carboxylic acids is 1. The quantitative estimate of drug-likeness (QED) is 0.892. The smallest absolute Gasteiger partial charge is 0.394 e. The third kappa shape index (κ3) is 3.30. The van der Waals surface area contributed by atoms with E-state index in [1.165, 1.54) is 12.1 Å². The first kappa shape index (κ1) is 14.8. The highest BCUT2D eigenvalue weighted by molar-refractivity contribution is 5.83. The molecule has 1 fully saturated rings. The minimum atomic E-state index is -4.34. The molecule has 0 heterocycles. The van der Waals surface area contributed by atoms with Crippen molar-refractivity contribution in [2.24, 2.45) is 5.92 Å². The lowest BCUT2D eigenvalue weighted by molar-refractivity contribution is -0.137. The van der Waals surface area contributed by atoms with E-state index in [-0.39, 0.29) is 30.4 Å². The Kier molecular flexibility index (Phi) is 4.04. The molecule has 3 unspecified atom stereocenters. The summed E-state index contributed by atoms with van der Waals surface area (Å²) >= 11 is 0. The molecule has 3 atom stereocenters. The number of nitrogens with one attached hydrogen (secondary N) is 1. The zero-order chi connectivity index (χ0) is 14.9. The molecular weight excluding hydrogens is 271 g/mol. The largest absolute Gasteiger partial charge is 0.416 e. The topological polar surface area (TPSA) is 49.3 Å². The van der Waals surface area contributed by atoms with Crippen LogP contribution in [0.3, 0.4) is 0 Å². The van der Waals surface area contributed by atoms with Crippen LogP contribution in [-0.4, -0.2) is 23.7 Å². The Labute approximate surface area is 114 Å². The first-order valence-electron chi connectivity index (χ1n) is 6.41. The number of carbonyl (C=O) groups is 1. The average molecular weight is 287 g/mol. The van der Waals surface area contributed by atoms with Gasteiger partial charge < -0.3 is 10.4 Å². The summed E-state index contributed by atoms with van der Waals surface area (Å²) in [6.45, 7) is 1.55. The third-order valence-corrected chi connectivity index (χ3v) is 3.46. The number of rotatable bonds is 4. The summed E-state index contributed by atoms with van der Waals surface area (Å²) in [4.78, 5) is 11.8. The van der Waals surface area contributed by atoms with Gasteiger partial charge in [-0.1, -0.05) is 12.1 Å². The summed E-state index contributed by atoms with van der Waals surface area (Å²) in [5.74, 6) is -0.389. The molecule has 0 spiro atoms. The first-order chi connectivity index (χ1) is 9.32. The maximum atomic E-state index is 12.4. The minimum Gasteiger partial charge on any atom is -0.394 e. The van der Waals surface area contributed by atoms with Crippen molar-refractivity contribution in [2.45, 2.75) is 31.5 Å². The number of aliphatic hydroxyl groups is 1. The maximum Gasteiger partial charge on any atom is 0.416 e. The summed E-state index contributed by atoms with van der Waals surface area (Å²) < 4.78 is 37.3. The van der Waals surface area contributed by atoms with E-state index in [9.17, 15) is 18.0 Å². The van der Waals surface area contributed by atoms with Crippen LogP contribution in [0.2, 0.25) is 0 Å². The Morgan fingerprint density at radius 1 is 1.40 bits per heavy atom. The van der Waals surface area contributed by atoms with Gasteiger partial charge in [-0.15, -0.1) is 0 Å². The van der Waals surface area contributed by atoms with E-state index in [0.29, 0.717) is 6.42 Å². The predicted molar refractivity (Wildman–Crippen MR) is 67.0 cm³/mol. The molecule has 0 aromatic heterocycles. The Bertz CT molecular complexity index is 484. The van der Waals surface area contributed by atoms with Gasteiger partial charge in [-0.2, -0.15) is 13.2 Å². The zero-order valence-corrected chi connectivity index (χ0v) is 10.9. The summed E-state index contributed by atoms with van der Waals surface area (Å²) in [6, 6.07) is 4.63. The van der Waals surface area contributed by atoms with Crippen LogP contribution in [0.15, 0.2) is 24.3 Å². The number of alkyl halides is 3. The molecule has 1 aromatic rings. The van der Waals surface area contributed by atoms with Crippen molar-refractivity contribution in [3.05, 3.63) is 35.4 Å². The molecule has 6 heteroatoms. The molecule has 1 aliphatic carbocycles. The number of benzene rings is 1. The molecule has 2 rings (SSSR count). The van der Waals surface area contributed by atoms with Gasteiger partial charge in [-0.05, 0) is 37.0 Å². The van der Waals surface area contributed by atoms with Crippen molar-refractivity contribution in [3.63, 3.8) is 0 Å². The second-order valence-electron chi connectivity index (χ2n) is 5.16. The molecule has 1 aliphatic rings. The maximum absolute atomic E-state index is 12.4. The van der Waals surface area contributed by atoms with Gasteiger partial charge in [0, 0.05) is 12.0 Å². The monoisotopic (exact) mass is 287 g/mol.